The van der Waals surface area contributed by atoms with Crippen LogP contribution in [0.2, 0.25) is 0 Å². The third-order valence-electron chi connectivity index (χ3n) is 2.71. The highest BCUT2D eigenvalue weighted by Gasteiger charge is 2.19. The fraction of sp³-hybridized carbons (Fsp3) is 0.833. The number of aliphatic imine (C=N–C) groups is 1. The predicted octanol–water partition coefficient (Wildman–Crippen LogP) is 2.86. The maximum atomic E-state index is 11.7. The quantitative estimate of drug-likeness (QED) is 0.634. The molecule has 80 valence electrons. The SMILES string of the molecule is CC(C)C=NCC(=O)C1CCCCC1. The Morgan fingerprint density at radius 1 is 1.36 bits per heavy atom. The highest BCUT2D eigenvalue weighted by Crippen LogP contribution is 2.24. The van der Waals surface area contributed by atoms with E-state index in [1.165, 1.54) is 19.3 Å². The molecule has 0 saturated heterocycles. The van der Waals surface area contributed by atoms with Crippen molar-refractivity contribution in [2.24, 2.45) is 16.8 Å². The molecule has 1 saturated carbocycles. The molecule has 14 heavy (non-hydrogen) atoms. The molecule has 0 aromatic heterocycles. The molecule has 0 aromatic carbocycles. The molecule has 0 bridgehead atoms. The summed E-state index contributed by atoms with van der Waals surface area (Å²) < 4.78 is 0. The van der Waals surface area contributed by atoms with Crippen LogP contribution in [0.5, 0.6) is 0 Å². The minimum Gasteiger partial charge on any atom is -0.297 e. The van der Waals surface area contributed by atoms with Crippen LogP contribution >= 0.6 is 0 Å². The molecule has 2 nitrogen and oxygen atoms in total. The van der Waals surface area contributed by atoms with Crippen molar-refractivity contribution in [3.05, 3.63) is 0 Å². The number of Topliss-reactive ketones (excluding diaryl/α,β-unsaturated/α-hetero) is 1. The van der Waals surface area contributed by atoms with Gasteiger partial charge in [0.2, 0.25) is 0 Å². The Hall–Kier alpha value is -0.660. The molecule has 1 aliphatic rings. The molecule has 1 fully saturated rings. The molecule has 0 spiro atoms. The second kappa shape index (κ2) is 5.94. The van der Waals surface area contributed by atoms with Crippen LogP contribution in [0, 0.1) is 11.8 Å². The molecule has 1 aliphatic carbocycles. The van der Waals surface area contributed by atoms with E-state index in [1.807, 2.05) is 6.21 Å². The summed E-state index contributed by atoms with van der Waals surface area (Å²) in [4.78, 5) is 15.8. The maximum absolute atomic E-state index is 11.7. The van der Waals surface area contributed by atoms with Gasteiger partial charge in [0, 0.05) is 12.1 Å². The molecule has 1 rings (SSSR count). The molecule has 0 radical (unpaired) electrons. The number of carbonyl (C=O) groups excluding carboxylic acids is 1. The zero-order valence-corrected chi connectivity index (χ0v) is 9.33. The number of hydrogen-bond donors (Lipinski definition) is 0. The molecule has 0 amide bonds. The van der Waals surface area contributed by atoms with Crippen LogP contribution in [-0.4, -0.2) is 18.5 Å². The molecule has 0 aliphatic heterocycles. The van der Waals surface area contributed by atoms with E-state index in [-0.39, 0.29) is 0 Å². The van der Waals surface area contributed by atoms with Crippen molar-refractivity contribution in [2.75, 3.05) is 6.54 Å². The number of carbonyl (C=O) groups is 1. The van der Waals surface area contributed by atoms with Crippen LogP contribution in [0.15, 0.2) is 4.99 Å². The Labute approximate surface area is 86.8 Å². The van der Waals surface area contributed by atoms with Gasteiger partial charge in [0.1, 0.15) is 0 Å². The Balaban J connectivity index is 2.26. The summed E-state index contributed by atoms with van der Waals surface area (Å²) in [6.45, 7) is 4.56. The van der Waals surface area contributed by atoms with E-state index in [9.17, 15) is 4.79 Å². The minimum absolute atomic E-state index is 0.313. The van der Waals surface area contributed by atoms with Gasteiger partial charge in [-0.05, 0) is 18.8 Å². The number of nitrogens with zero attached hydrogens (tertiary/aromatic N) is 1. The van der Waals surface area contributed by atoms with Crippen LogP contribution < -0.4 is 0 Å². The second-order valence-corrected chi connectivity index (χ2v) is 4.54. The number of hydrogen-bond acceptors (Lipinski definition) is 2. The summed E-state index contributed by atoms with van der Waals surface area (Å²) in [6, 6.07) is 0. The molecular formula is C12H21NO. The lowest BCUT2D eigenvalue weighted by Crippen LogP contribution is -2.20. The normalized spacial score (nSPS) is 19.4. The highest BCUT2D eigenvalue weighted by atomic mass is 16.1. The Bertz CT molecular complexity index is 202. The van der Waals surface area contributed by atoms with Crippen LogP contribution in [0.3, 0.4) is 0 Å². The predicted molar refractivity (Wildman–Crippen MR) is 59.8 cm³/mol. The maximum Gasteiger partial charge on any atom is 0.157 e. The van der Waals surface area contributed by atoms with Gasteiger partial charge in [-0.2, -0.15) is 0 Å². The van der Waals surface area contributed by atoms with E-state index in [4.69, 9.17) is 0 Å². The Kier molecular flexibility index (Phi) is 4.85. The fourth-order valence-electron chi connectivity index (χ4n) is 1.91. The number of rotatable bonds is 4. The van der Waals surface area contributed by atoms with Crippen molar-refractivity contribution >= 4 is 12.0 Å². The smallest absolute Gasteiger partial charge is 0.157 e. The molecule has 0 heterocycles. The monoisotopic (exact) mass is 195 g/mol. The lowest BCUT2D eigenvalue weighted by molar-refractivity contribution is -0.122. The Morgan fingerprint density at radius 3 is 2.57 bits per heavy atom. The molecule has 2 heteroatoms. The van der Waals surface area contributed by atoms with Gasteiger partial charge in [0.25, 0.3) is 0 Å². The van der Waals surface area contributed by atoms with Gasteiger partial charge in [-0.3, -0.25) is 9.79 Å². The van der Waals surface area contributed by atoms with Gasteiger partial charge in [-0.1, -0.05) is 33.1 Å². The molecular weight excluding hydrogens is 174 g/mol. The van der Waals surface area contributed by atoms with Crippen LogP contribution in [0.1, 0.15) is 46.0 Å². The summed E-state index contributed by atoms with van der Waals surface area (Å²) in [5.74, 6) is 1.11. The first kappa shape index (κ1) is 11.4. The largest absolute Gasteiger partial charge is 0.297 e. The van der Waals surface area contributed by atoms with Gasteiger partial charge >= 0.3 is 0 Å². The van der Waals surface area contributed by atoms with E-state index >= 15 is 0 Å². The highest BCUT2D eigenvalue weighted by molar-refractivity contribution is 5.84. The second-order valence-electron chi connectivity index (χ2n) is 4.54. The lowest BCUT2D eigenvalue weighted by Gasteiger charge is -2.19. The van der Waals surface area contributed by atoms with E-state index in [0.717, 1.165) is 12.8 Å². The zero-order valence-electron chi connectivity index (χ0n) is 9.33. The van der Waals surface area contributed by atoms with Gasteiger partial charge in [-0.15, -0.1) is 0 Å². The first-order valence-electron chi connectivity index (χ1n) is 5.73. The fourth-order valence-corrected chi connectivity index (χ4v) is 1.91. The molecule has 0 N–H and O–H groups in total. The van der Waals surface area contributed by atoms with Gasteiger partial charge in [0.15, 0.2) is 5.78 Å². The average Bonchev–Trinajstić information content (AvgIpc) is 2.18. The number of ketones is 1. The van der Waals surface area contributed by atoms with Crippen molar-refractivity contribution in [1.82, 2.24) is 0 Å². The van der Waals surface area contributed by atoms with Crippen LogP contribution in [0.25, 0.3) is 0 Å². The average molecular weight is 195 g/mol. The third kappa shape index (κ3) is 4.03. The van der Waals surface area contributed by atoms with Gasteiger partial charge < -0.3 is 0 Å². The first-order valence-corrected chi connectivity index (χ1v) is 5.73. The first-order chi connectivity index (χ1) is 6.70. The van der Waals surface area contributed by atoms with E-state index in [1.54, 1.807) is 0 Å². The zero-order chi connectivity index (χ0) is 10.4. The van der Waals surface area contributed by atoms with Crippen LogP contribution in [0.4, 0.5) is 0 Å². The van der Waals surface area contributed by atoms with Crippen molar-refractivity contribution in [1.29, 1.82) is 0 Å². The van der Waals surface area contributed by atoms with Crippen molar-refractivity contribution in [3.63, 3.8) is 0 Å². The van der Waals surface area contributed by atoms with Crippen molar-refractivity contribution in [3.8, 4) is 0 Å². The molecule has 0 aromatic rings. The van der Waals surface area contributed by atoms with E-state index < -0.39 is 0 Å². The van der Waals surface area contributed by atoms with Gasteiger partial charge in [0.05, 0.1) is 6.54 Å². The van der Waals surface area contributed by atoms with Crippen molar-refractivity contribution in [2.45, 2.75) is 46.0 Å². The van der Waals surface area contributed by atoms with E-state index in [2.05, 4.69) is 18.8 Å². The van der Waals surface area contributed by atoms with Crippen molar-refractivity contribution < 1.29 is 4.79 Å². The van der Waals surface area contributed by atoms with Gasteiger partial charge in [-0.25, -0.2) is 0 Å². The summed E-state index contributed by atoms with van der Waals surface area (Å²) >= 11 is 0. The standard InChI is InChI=1S/C12H21NO/c1-10(2)8-13-9-12(14)11-6-4-3-5-7-11/h8,10-11H,3-7,9H2,1-2H3. The summed E-state index contributed by atoms with van der Waals surface area (Å²) in [6.07, 6.45) is 7.82. The van der Waals surface area contributed by atoms with E-state index in [0.29, 0.717) is 24.2 Å². The minimum atomic E-state index is 0.313. The molecule has 0 unspecified atom stereocenters. The summed E-state index contributed by atoms with van der Waals surface area (Å²) in [5, 5.41) is 0. The molecule has 0 atom stereocenters. The summed E-state index contributed by atoms with van der Waals surface area (Å²) in [5.41, 5.74) is 0. The topological polar surface area (TPSA) is 29.4 Å². The summed E-state index contributed by atoms with van der Waals surface area (Å²) in [7, 11) is 0. The Morgan fingerprint density at radius 2 is 2.00 bits per heavy atom. The van der Waals surface area contributed by atoms with Crippen LogP contribution in [-0.2, 0) is 4.79 Å². The lowest BCUT2D eigenvalue weighted by atomic mass is 9.86. The third-order valence-corrected chi connectivity index (χ3v) is 2.71.